The molecule has 0 aliphatic rings. The van der Waals surface area contributed by atoms with Crippen molar-refractivity contribution in [3.63, 3.8) is 0 Å². The van der Waals surface area contributed by atoms with Crippen LogP contribution in [0.25, 0.3) is 0 Å². The van der Waals surface area contributed by atoms with E-state index in [9.17, 15) is 9.59 Å². The molecule has 0 radical (unpaired) electrons. The number of carboxylic acid groups (broad SMARTS) is 1. The second kappa shape index (κ2) is 5.91. The summed E-state index contributed by atoms with van der Waals surface area (Å²) in [5.74, 6) is -1.12. The Balaban J connectivity index is 2.56. The van der Waals surface area contributed by atoms with Gasteiger partial charge in [-0.3, -0.25) is 9.59 Å². The van der Waals surface area contributed by atoms with E-state index < -0.39 is 11.4 Å². The highest BCUT2D eigenvalue weighted by Gasteiger charge is 2.27. The molecule has 0 bridgehead atoms. The molecule has 0 aliphatic carbocycles. The standard InChI is InChI=1S/C14H22N2O3S/c1-13(2,3)11-16-9(8-20-11)10(17)15-7-6-14(4,5)12(18)19/h8H,6-7H2,1-5H3,(H,15,17)(H,18,19). The van der Waals surface area contributed by atoms with Gasteiger partial charge >= 0.3 is 5.97 Å². The van der Waals surface area contributed by atoms with Crippen LogP contribution in [0, 0.1) is 5.41 Å². The number of aromatic nitrogens is 1. The SMILES string of the molecule is CC(C)(CCNC(=O)c1csc(C(C)(C)C)n1)C(=O)O. The zero-order chi connectivity index (χ0) is 15.6. The highest BCUT2D eigenvalue weighted by atomic mass is 32.1. The molecule has 0 aliphatic heterocycles. The molecule has 112 valence electrons. The zero-order valence-electron chi connectivity index (χ0n) is 12.6. The largest absolute Gasteiger partial charge is 0.481 e. The first-order chi connectivity index (χ1) is 9.04. The van der Waals surface area contributed by atoms with E-state index in [1.165, 1.54) is 11.3 Å². The lowest BCUT2D eigenvalue weighted by atomic mass is 9.90. The predicted molar refractivity (Wildman–Crippen MR) is 79.2 cm³/mol. The fourth-order valence-electron chi connectivity index (χ4n) is 1.41. The van der Waals surface area contributed by atoms with Crippen molar-refractivity contribution in [3.8, 4) is 0 Å². The monoisotopic (exact) mass is 298 g/mol. The van der Waals surface area contributed by atoms with Gasteiger partial charge in [-0.2, -0.15) is 0 Å². The molecule has 20 heavy (non-hydrogen) atoms. The Bertz CT molecular complexity index is 501. The van der Waals surface area contributed by atoms with Gasteiger partial charge in [0.1, 0.15) is 5.69 Å². The molecule has 0 saturated carbocycles. The van der Waals surface area contributed by atoms with Crippen LogP contribution in [0.1, 0.15) is 56.5 Å². The van der Waals surface area contributed by atoms with E-state index in [0.717, 1.165) is 5.01 Å². The fourth-order valence-corrected chi connectivity index (χ4v) is 2.30. The van der Waals surface area contributed by atoms with Gasteiger partial charge in [-0.25, -0.2) is 4.98 Å². The van der Waals surface area contributed by atoms with Crippen molar-refractivity contribution in [1.29, 1.82) is 0 Å². The normalized spacial score (nSPS) is 12.2. The summed E-state index contributed by atoms with van der Waals surface area (Å²) in [6, 6.07) is 0. The van der Waals surface area contributed by atoms with Crippen LogP contribution in [0.5, 0.6) is 0 Å². The quantitative estimate of drug-likeness (QED) is 0.876. The van der Waals surface area contributed by atoms with Crippen LogP contribution in [0.2, 0.25) is 0 Å². The molecule has 1 heterocycles. The lowest BCUT2D eigenvalue weighted by molar-refractivity contribution is -0.147. The van der Waals surface area contributed by atoms with Gasteiger partial charge in [0.2, 0.25) is 0 Å². The zero-order valence-corrected chi connectivity index (χ0v) is 13.4. The van der Waals surface area contributed by atoms with E-state index >= 15 is 0 Å². The van der Waals surface area contributed by atoms with Gasteiger partial charge in [0, 0.05) is 17.3 Å². The number of thiazole rings is 1. The number of amides is 1. The summed E-state index contributed by atoms with van der Waals surface area (Å²) >= 11 is 1.46. The fraction of sp³-hybridized carbons (Fsp3) is 0.643. The molecule has 1 rings (SSSR count). The summed E-state index contributed by atoms with van der Waals surface area (Å²) in [7, 11) is 0. The van der Waals surface area contributed by atoms with Gasteiger partial charge in [0.15, 0.2) is 0 Å². The van der Waals surface area contributed by atoms with Crippen molar-refractivity contribution < 1.29 is 14.7 Å². The van der Waals surface area contributed by atoms with Crippen LogP contribution >= 0.6 is 11.3 Å². The first kappa shape index (κ1) is 16.6. The number of carboxylic acids is 1. The Morgan fingerprint density at radius 3 is 2.35 bits per heavy atom. The van der Waals surface area contributed by atoms with Crippen LogP contribution in [0.3, 0.4) is 0 Å². The van der Waals surface area contributed by atoms with Crippen LogP contribution in [0.4, 0.5) is 0 Å². The van der Waals surface area contributed by atoms with Crippen molar-refractivity contribution in [2.75, 3.05) is 6.54 Å². The Kier molecular flexibility index (Phi) is 4.91. The molecule has 1 aromatic rings. The molecule has 2 N–H and O–H groups in total. The molecule has 5 nitrogen and oxygen atoms in total. The lowest BCUT2D eigenvalue weighted by Gasteiger charge is -2.18. The molecular formula is C14H22N2O3S. The molecule has 0 fully saturated rings. The number of rotatable bonds is 5. The van der Waals surface area contributed by atoms with Gasteiger partial charge in [-0.05, 0) is 20.3 Å². The number of hydrogen-bond donors (Lipinski definition) is 2. The molecule has 0 atom stereocenters. The lowest BCUT2D eigenvalue weighted by Crippen LogP contribution is -2.32. The highest BCUT2D eigenvalue weighted by Crippen LogP contribution is 2.25. The first-order valence-corrected chi connectivity index (χ1v) is 7.39. The van der Waals surface area contributed by atoms with Crippen molar-refractivity contribution >= 4 is 23.2 Å². The van der Waals surface area contributed by atoms with Gasteiger partial charge in [-0.15, -0.1) is 11.3 Å². The van der Waals surface area contributed by atoms with Gasteiger partial charge < -0.3 is 10.4 Å². The molecule has 0 aromatic carbocycles. The topological polar surface area (TPSA) is 79.3 Å². The minimum Gasteiger partial charge on any atom is -0.481 e. The van der Waals surface area contributed by atoms with Crippen LogP contribution < -0.4 is 5.32 Å². The maximum atomic E-state index is 11.9. The highest BCUT2D eigenvalue weighted by molar-refractivity contribution is 7.10. The third-order valence-corrected chi connectivity index (χ3v) is 4.26. The Hall–Kier alpha value is -1.43. The number of nitrogens with one attached hydrogen (secondary N) is 1. The summed E-state index contributed by atoms with van der Waals surface area (Å²) in [4.78, 5) is 27.2. The van der Waals surface area contributed by atoms with E-state index in [0.29, 0.717) is 18.7 Å². The molecule has 0 saturated heterocycles. The maximum absolute atomic E-state index is 11.9. The third kappa shape index (κ3) is 4.30. The third-order valence-electron chi connectivity index (χ3n) is 2.99. The first-order valence-electron chi connectivity index (χ1n) is 6.51. The van der Waals surface area contributed by atoms with Gasteiger partial charge in [-0.1, -0.05) is 20.8 Å². The molecule has 1 amide bonds. The summed E-state index contributed by atoms with van der Waals surface area (Å²) < 4.78 is 0. The van der Waals surface area contributed by atoms with Gasteiger partial charge in [0.25, 0.3) is 5.91 Å². The summed E-state index contributed by atoms with van der Waals surface area (Å²) in [5, 5.41) is 14.4. The number of carbonyl (C=O) groups is 2. The van der Waals surface area contributed by atoms with E-state index in [4.69, 9.17) is 5.11 Å². The average Bonchev–Trinajstić information content (AvgIpc) is 2.77. The number of nitrogens with zero attached hydrogens (tertiary/aromatic N) is 1. The minimum atomic E-state index is -0.865. The average molecular weight is 298 g/mol. The van der Waals surface area contributed by atoms with E-state index in [2.05, 4.69) is 10.3 Å². The van der Waals surface area contributed by atoms with E-state index in [1.807, 2.05) is 20.8 Å². The Labute approximate surface area is 123 Å². The Morgan fingerprint density at radius 2 is 1.90 bits per heavy atom. The number of aliphatic carboxylic acids is 1. The van der Waals surface area contributed by atoms with E-state index in [1.54, 1.807) is 19.2 Å². The summed E-state index contributed by atoms with van der Waals surface area (Å²) in [6.07, 6.45) is 0.379. The predicted octanol–water partition coefficient (Wildman–Crippen LogP) is 2.67. The maximum Gasteiger partial charge on any atom is 0.309 e. The van der Waals surface area contributed by atoms with Crippen molar-refractivity contribution in [2.24, 2.45) is 5.41 Å². The summed E-state index contributed by atoms with van der Waals surface area (Å²) in [6.45, 7) is 9.74. The van der Waals surface area contributed by atoms with E-state index in [-0.39, 0.29) is 11.3 Å². The molecule has 6 heteroatoms. The Morgan fingerprint density at radius 1 is 1.30 bits per heavy atom. The minimum absolute atomic E-state index is 0.0749. The molecular weight excluding hydrogens is 276 g/mol. The summed E-state index contributed by atoms with van der Waals surface area (Å²) in [5.41, 5.74) is -0.520. The second-order valence-electron chi connectivity index (χ2n) is 6.48. The van der Waals surface area contributed by atoms with Crippen LogP contribution in [-0.2, 0) is 10.2 Å². The van der Waals surface area contributed by atoms with Crippen LogP contribution in [-0.4, -0.2) is 28.5 Å². The van der Waals surface area contributed by atoms with Gasteiger partial charge in [0.05, 0.1) is 10.4 Å². The van der Waals surface area contributed by atoms with Crippen molar-refractivity contribution in [3.05, 3.63) is 16.1 Å². The number of hydrogen-bond acceptors (Lipinski definition) is 4. The molecule has 0 spiro atoms. The second-order valence-corrected chi connectivity index (χ2v) is 7.34. The molecule has 0 unspecified atom stereocenters. The van der Waals surface area contributed by atoms with Crippen molar-refractivity contribution in [1.82, 2.24) is 10.3 Å². The molecule has 1 aromatic heterocycles. The van der Waals surface area contributed by atoms with Crippen molar-refractivity contribution in [2.45, 2.75) is 46.5 Å². The number of carbonyl (C=O) groups excluding carboxylic acids is 1. The smallest absolute Gasteiger partial charge is 0.309 e. The van der Waals surface area contributed by atoms with Crippen LogP contribution in [0.15, 0.2) is 5.38 Å².